The topological polar surface area (TPSA) is 43.4 Å². The molecule has 0 N–H and O–H groups in total. The number of hydrogen-bond acceptors (Lipinski definition) is 3. The van der Waals surface area contributed by atoms with Crippen molar-refractivity contribution in [2.24, 2.45) is 0 Å². The predicted octanol–water partition coefficient (Wildman–Crippen LogP) is 2.54. The van der Waals surface area contributed by atoms with E-state index in [9.17, 15) is 14.0 Å². The average molecular weight is 287 g/mol. The van der Waals surface area contributed by atoms with E-state index in [2.05, 4.69) is 20.7 Å². The van der Waals surface area contributed by atoms with Gasteiger partial charge >= 0.3 is 11.9 Å². The fourth-order valence-electron chi connectivity index (χ4n) is 1.73. The molecule has 1 fully saturated rings. The number of benzene rings is 1. The third-order valence-electron chi connectivity index (χ3n) is 2.41. The molecule has 16 heavy (non-hydrogen) atoms. The molecule has 0 saturated carbocycles. The Morgan fingerprint density at radius 3 is 2.38 bits per heavy atom. The Morgan fingerprint density at radius 2 is 1.81 bits per heavy atom. The van der Waals surface area contributed by atoms with Crippen LogP contribution in [0, 0.1) is 5.82 Å². The van der Waals surface area contributed by atoms with Gasteiger partial charge < -0.3 is 4.74 Å². The van der Waals surface area contributed by atoms with Crippen LogP contribution in [0.25, 0.3) is 0 Å². The van der Waals surface area contributed by atoms with E-state index >= 15 is 0 Å². The van der Waals surface area contributed by atoms with Gasteiger partial charge in [0.05, 0.1) is 12.8 Å². The SMILES string of the molecule is O=C1CC(c2cc(F)cc(Br)c2)CC(=O)O1. The van der Waals surface area contributed by atoms with E-state index in [-0.39, 0.29) is 18.8 Å². The van der Waals surface area contributed by atoms with Crippen molar-refractivity contribution in [3.05, 3.63) is 34.1 Å². The van der Waals surface area contributed by atoms with Gasteiger partial charge in [0.1, 0.15) is 5.82 Å². The van der Waals surface area contributed by atoms with Crippen LogP contribution in [0.5, 0.6) is 0 Å². The van der Waals surface area contributed by atoms with E-state index in [0.29, 0.717) is 10.0 Å². The van der Waals surface area contributed by atoms with Gasteiger partial charge in [-0.25, -0.2) is 4.39 Å². The zero-order valence-corrected chi connectivity index (χ0v) is 9.79. The minimum atomic E-state index is -0.554. The van der Waals surface area contributed by atoms with Crippen LogP contribution in [0.3, 0.4) is 0 Å². The highest BCUT2D eigenvalue weighted by atomic mass is 79.9. The summed E-state index contributed by atoms with van der Waals surface area (Å²) in [4.78, 5) is 22.2. The molecule has 0 amide bonds. The highest BCUT2D eigenvalue weighted by Gasteiger charge is 2.28. The van der Waals surface area contributed by atoms with E-state index in [0.717, 1.165) is 0 Å². The van der Waals surface area contributed by atoms with Gasteiger partial charge in [0, 0.05) is 10.4 Å². The Kier molecular flexibility index (Phi) is 3.05. The molecule has 5 heteroatoms. The molecular weight excluding hydrogens is 279 g/mol. The molecule has 3 nitrogen and oxygen atoms in total. The first-order valence-electron chi connectivity index (χ1n) is 4.74. The average Bonchev–Trinajstić information content (AvgIpc) is 2.14. The Labute approximate surface area is 99.7 Å². The first-order chi connectivity index (χ1) is 7.54. The number of carbonyl (C=O) groups is 2. The van der Waals surface area contributed by atoms with Gasteiger partial charge in [0.15, 0.2) is 0 Å². The van der Waals surface area contributed by atoms with E-state index in [4.69, 9.17) is 0 Å². The lowest BCUT2D eigenvalue weighted by Gasteiger charge is -2.20. The standard InChI is InChI=1S/C11H8BrFO3/c12-8-1-6(2-9(13)5-8)7-3-10(14)16-11(15)4-7/h1-2,5,7H,3-4H2. The zero-order chi connectivity index (χ0) is 11.7. The molecule has 1 aromatic rings. The summed E-state index contributed by atoms with van der Waals surface area (Å²) in [6.07, 6.45) is 0.225. The first-order valence-corrected chi connectivity index (χ1v) is 5.53. The van der Waals surface area contributed by atoms with Crippen molar-refractivity contribution in [1.29, 1.82) is 0 Å². The fourth-order valence-corrected chi connectivity index (χ4v) is 2.21. The third-order valence-corrected chi connectivity index (χ3v) is 2.87. The summed E-state index contributed by atoms with van der Waals surface area (Å²) in [5.41, 5.74) is 0.636. The fraction of sp³-hybridized carbons (Fsp3) is 0.273. The molecule has 2 rings (SSSR count). The minimum absolute atomic E-state index is 0.113. The molecule has 0 radical (unpaired) electrons. The van der Waals surface area contributed by atoms with E-state index in [1.807, 2.05) is 0 Å². The molecule has 1 aliphatic heterocycles. The Bertz CT molecular complexity index is 422. The van der Waals surface area contributed by atoms with Crippen LogP contribution in [-0.2, 0) is 14.3 Å². The normalized spacial score (nSPS) is 17.4. The monoisotopic (exact) mass is 286 g/mol. The van der Waals surface area contributed by atoms with Crippen molar-refractivity contribution >= 4 is 27.9 Å². The van der Waals surface area contributed by atoms with E-state index < -0.39 is 17.8 Å². The molecule has 0 atom stereocenters. The zero-order valence-electron chi connectivity index (χ0n) is 8.20. The van der Waals surface area contributed by atoms with Gasteiger partial charge in [-0.2, -0.15) is 0 Å². The molecule has 0 unspecified atom stereocenters. The summed E-state index contributed by atoms with van der Waals surface area (Å²) >= 11 is 3.17. The van der Waals surface area contributed by atoms with Crippen molar-refractivity contribution < 1.29 is 18.7 Å². The molecule has 0 aliphatic carbocycles. The van der Waals surface area contributed by atoms with Crippen LogP contribution in [0.2, 0.25) is 0 Å². The summed E-state index contributed by atoms with van der Waals surface area (Å²) < 4.78 is 18.2. The van der Waals surface area contributed by atoms with E-state index in [1.54, 1.807) is 6.07 Å². The molecule has 0 bridgehead atoms. The summed E-state index contributed by atoms with van der Waals surface area (Å²) in [6.45, 7) is 0. The lowest BCUT2D eigenvalue weighted by Crippen LogP contribution is -2.24. The quantitative estimate of drug-likeness (QED) is 0.589. The minimum Gasteiger partial charge on any atom is -0.393 e. The summed E-state index contributed by atoms with van der Waals surface area (Å²) in [6, 6.07) is 4.37. The summed E-state index contributed by atoms with van der Waals surface area (Å²) in [7, 11) is 0. The molecule has 1 aliphatic rings. The van der Waals surface area contributed by atoms with Crippen LogP contribution >= 0.6 is 15.9 Å². The molecule has 0 spiro atoms. The number of cyclic esters (lactones) is 2. The number of ether oxygens (including phenoxy) is 1. The van der Waals surface area contributed by atoms with Gasteiger partial charge in [-0.3, -0.25) is 9.59 Å². The largest absolute Gasteiger partial charge is 0.393 e. The van der Waals surface area contributed by atoms with Crippen LogP contribution in [0.1, 0.15) is 24.3 Å². The van der Waals surface area contributed by atoms with Crippen molar-refractivity contribution in [2.75, 3.05) is 0 Å². The van der Waals surface area contributed by atoms with Crippen LogP contribution in [-0.4, -0.2) is 11.9 Å². The second-order valence-electron chi connectivity index (χ2n) is 3.65. The van der Waals surface area contributed by atoms with E-state index in [1.165, 1.54) is 12.1 Å². The Balaban J connectivity index is 2.29. The van der Waals surface area contributed by atoms with Gasteiger partial charge in [0.25, 0.3) is 0 Å². The molecule has 0 aromatic heterocycles. The molecule has 1 heterocycles. The Morgan fingerprint density at radius 1 is 1.19 bits per heavy atom. The maximum absolute atomic E-state index is 13.1. The second kappa shape index (κ2) is 4.33. The van der Waals surface area contributed by atoms with Gasteiger partial charge in [-0.05, 0) is 23.8 Å². The summed E-state index contributed by atoms with van der Waals surface area (Å²) in [5, 5.41) is 0. The van der Waals surface area contributed by atoms with Crippen molar-refractivity contribution in [3.8, 4) is 0 Å². The lowest BCUT2D eigenvalue weighted by atomic mass is 9.91. The number of hydrogen-bond donors (Lipinski definition) is 0. The maximum atomic E-state index is 13.1. The molecule has 1 saturated heterocycles. The summed E-state index contributed by atoms with van der Waals surface area (Å²) in [5.74, 6) is -1.79. The van der Waals surface area contributed by atoms with Crippen LogP contribution in [0.15, 0.2) is 22.7 Å². The molecule has 1 aromatic carbocycles. The van der Waals surface area contributed by atoms with Crippen LogP contribution < -0.4 is 0 Å². The van der Waals surface area contributed by atoms with Crippen molar-refractivity contribution in [2.45, 2.75) is 18.8 Å². The first kappa shape index (κ1) is 11.3. The van der Waals surface area contributed by atoms with Gasteiger partial charge in [-0.15, -0.1) is 0 Å². The van der Waals surface area contributed by atoms with Crippen molar-refractivity contribution in [3.63, 3.8) is 0 Å². The van der Waals surface area contributed by atoms with Gasteiger partial charge in [0.2, 0.25) is 0 Å². The predicted molar refractivity (Wildman–Crippen MR) is 57.2 cm³/mol. The maximum Gasteiger partial charge on any atom is 0.314 e. The number of esters is 2. The smallest absolute Gasteiger partial charge is 0.314 e. The number of rotatable bonds is 1. The van der Waals surface area contributed by atoms with Gasteiger partial charge in [-0.1, -0.05) is 15.9 Å². The molecule has 84 valence electrons. The highest BCUT2D eigenvalue weighted by Crippen LogP contribution is 2.30. The number of carbonyl (C=O) groups excluding carboxylic acids is 2. The Hall–Kier alpha value is -1.23. The number of halogens is 2. The second-order valence-corrected chi connectivity index (χ2v) is 4.57. The third kappa shape index (κ3) is 2.47. The van der Waals surface area contributed by atoms with Crippen LogP contribution in [0.4, 0.5) is 4.39 Å². The lowest BCUT2D eigenvalue weighted by molar-refractivity contribution is -0.163. The highest BCUT2D eigenvalue weighted by molar-refractivity contribution is 9.10. The molecular formula is C11H8BrFO3. The van der Waals surface area contributed by atoms with Crippen molar-refractivity contribution in [1.82, 2.24) is 0 Å².